The number of esters is 1. The molecule has 0 aromatic heterocycles. The first-order valence-electron chi connectivity index (χ1n) is 3.18. The molecule has 4 heteroatoms. The van der Waals surface area contributed by atoms with E-state index in [0.717, 1.165) is 6.42 Å². The maximum atomic E-state index is 10.5. The van der Waals surface area contributed by atoms with Crippen molar-refractivity contribution >= 4 is 31.2 Å². The molecule has 58 valence electrons. The molecular formula is C6H10O2S2. The lowest BCUT2D eigenvalue weighted by Gasteiger charge is -2.32. The SMILES string of the molecule is CC(S)CC1OC(=O)C1S. The van der Waals surface area contributed by atoms with Gasteiger partial charge < -0.3 is 4.74 Å². The van der Waals surface area contributed by atoms with Gasteiger partial charge in [0, 0.05) is 5.25 Å². The van der Waals surface area contributed by atoms with E-state index in [1.165, 1.54) is 0 Å². The minimum atomic E-state index is -0.213. The van der Waals surface area contributed by atoms with Gasteiger partial charge in [0.05, 0.1) is 0 Å². The van der Waals surface area contributed by atoms with Crippen LogP contribution in [0, 0.1) is 0 Å². The fraction of sp³-hybridized carbons (Fsp3) is 0.833. The van der Waals surface area contributed by atoms with Crippen LogP contribution >= 0.6 is 25.3 Å². The van der Waals surface area contributed by atoms with E-state index < -0.39 is 0 Å². The number of carbonyl (C=O) groups excluding carboxylic acids is 1. The first kappa shape index (κ1) is 8.27. The Hall–Kier alpha value is 0.170. The van der Waals surface area contributed by atoms with Crippen LogP contribution in [0.4, 0.5) is 0 Å². The predicted octanol–water partition coefficient (Wildman–Crippen LogP) is 0.919. The summed E-state index contributed by atoms with van der Waals surface area (Å²) in [6.07, 6.45) is 0.784. The number of hydrogen-bond acceptors (Lipinski definition) is 4. The summed E-state index contributed by atoms with van der Waals surface area (Å²) < 4.78 is 4.80. The minimum absolute atomic E-state index is 0.0108. The fourth-order valence-corrected chi connectivity index (χ4v) is 1.33. The van der Waals surface area contributed by atoms with Gasteiger partial charge >= 0.3 is 5.97 Å². The van der Waals surface area contributed by atoms with Gasteiger partial charge in [-0.2, -0.15) is 25.3 Å². The molecule has 0 aromatic rings. The average Bonchev–Trinajstić information content (AvgIpc) is 1.86. The predicted molar refractivity (Wildman–Crippen MR) is 45.7 cm³/mol. The molecule has 0 spiro atoms. The van der Waals surface area contributed by atoms with Crippen LogP contribution in [0.25, 0.3) is 0 Å². The molecule has 1 heterocycles. The lowest BCUT2D eigenvalue weighted by atomic mass is 10.1. The first-order chi connectivity index (χ1) is 4.61. The highest BCUT2D eigenvalue weighted by Gasteiger charge is 2.39. The van der Waals surface area contributed by atoms with Crippen LogP contribution in [0.3, 0.4) is 0 Å². The first-order valence-corrected chi connectivity index (χ1v) is 4.21. The van der Waals surface area contributed by atoms with Gasteiger partial charge in [-0.25, -0.2) is 0 Å². The Bertz CT molecular complexity index is 147. The Labute approximate surface area is 71.1 Å². The monoisotopic (exact) mass is 178 g/mol. The van der Waals surface area contributed by atoms with Crippen LogP contribution in [0.1, 0.15) is 13.3 Å². The van der Waals surface area contributed by atoms with Crippen LogP contribution < -0.4 is 0 Å². The van der Waals surface area contributed by atoms with E-state index in [4.69, 9.17) is 4.74 Å². The zero-order chi connectivity index (χ0) is 7.72. The summed E-state index contributed by atoms with van der Waals surface area (Å²) in [5.41, 5.74) is 0. The molecule has 0 radical (unpaired) electrons. The van der Waals surface area contributed by atoms with Gasteiger partial charge in [0.25, 0.3) is 0 Å². The molecule has 0 aliphatic carbocycles. The summed E-state index contributed by atoms with van der Waals surface area (Å²) in [6.45, 7) is 1.97. The topological polar surface area (TPSA) is 26.3 Å². The molecule has 3 unspecified atom stereocenters. The van der Waals surface area contributed by atoms with Crippen molar-refractivity contribution < 1.29 is 9.53 Å². The van der Waals surface area contributed by atoms with Crippen molar-refractivity contribution in [2.45, 2.75) is 29.9 Å². The van der Waals surface area contributed by atoms with Crippen LogP contribution in [-0.4, -0.2) is 22.6 Å². The molecule has 1 saturated heterocycles. The Kier molecular flexibility index (Phi) is 2.52. The van der Waals surface area contributed by atoms with E-state index >= 15 is 0 Å². The molecule has 1 aliphatic rings. The summed E-state index contributed by atoms with van der Waals surface area (Å²) in [5.74, 6) is -0.206. The van der Waals surface area contributed by atoms with E-state index in [9.17, 15) is 4.79 Å². The van der Waals surface area contributed by atoms with E-state index in [1.54, 1.807) is 0 Å². The highest BCUT2D eigenvalue weighted by molar-refractivity contribution is 7.82. The van der Waals surface area contributed by atoms with Crippen molar-refractivity contribution in [3.63, 3.8) is 0 Å². The van der Waals surface area contributed by atoms with Gasteiger partial charge in [-0.3, -0.25) is 4.79 Å². The highest BCUT2D eigenvalue weighted by Crippen LogP contribution is 2.25. The number of rotatable bonds is 2. The van der Waals surface area contributed by atoms with Gasteiger partial charge in [-0.05, 0) is 6.42 Å². The molecule has 1 rings (SSSR count). The van der Waals surface area contributed by atoms with Crippen molar-refractivity contribution in [3.8, 4) is 0 Å². The van der Waals surface area contributed by atoms with E-state index in [2.05, 4.69) is 25.3 Å². The molecule has 1 aliphatic heterocycles. The Balaban J connectivity index is 2.27. The summed E-state index contributed by atoms with van der Waals surface area (Å²) in [4.78, 5) is 10.5. The molecule has 2 nitrogen and oxygen atoms in total. The summed E-state index contributed by atoms with van der Waals surface area (Å²) >= 11 is 8.21. The molecule has 0 bridgehead atoms. The lowest BCUT2D eigenvalue weighted by Crippen LogP contribution is -2.47. The molecule has 10 heavy (non-hydrogen) atoms. The standard InChI is InChI=1S/C6H10O2S2/c1-3(9)2-4-5(10)6(7)8-4/h3-5,9-10H,2H2,1H3. The van der Waals surface area contributed by atoms with Crippen molar-refractivity contribution in [1.82, 2.24) is 0 Å². The summed E-state index contributed by atoms with van der Waals surface area (Å²) in [7, 11) is 0. The number of carbonyl (C=O) groups is 1. The number of ether oxygens (including phenoxy) is 1. The molecule has 0 aromatic carbocycles. The van der Waals surface area contributed by atoms with Crippen molar-refractivity contribution in [1.29, 1.82) is 0 Å². The Morgan fingerprint density at radius 1 is 1.80 bits per heavy atom. The van der Waals surface area contributed by atoms with E-state index in [1.807, 2.05) is 6.92 Å². The van der Waals surface area contributed by atoms with Crippen LogP contribution in [0.15, 0.2) is 0 Å². The van der Waals surface area contributed by atoms with Crippen molar-refractivity contribution in [2.75, 3.05) is 0 Å². The maximum absolute atomic E-state index is 10.5. The zero-order valence-corrected chi connectivity index (χ0v) is 7.44. The fourth-order valence-electron chi connectivity index (χ4n) is 0.876. The molecular weight excluding hydrogens is 168 g/mol. The smallest absolute Gasteiger partial charge is 0.322 e. The summed E-state index contributed by atoms with van der Waals surface area (Å²) in [6, 6.07) is 0. The number of cyclic esters (lactones) is 1. The Morgan fingerprint density at radius 3 is 2.70 bits per heavy atom. The highest BCUT2D eigenvalue weighted by atomic mass is 32.1. The largest absolute Gasteiger partial charge is 0.460 e. The molecule has 0 saturated carbocycles. The third-order valence-electron chi connectivity index (χ3n) is 1.43. The second-order valence-electron chi connectivity index (χ2n) is 2.50. The van der Waals surface area contributed by atoms with Crippen LogP contribution in [-0.2, 0) is 9.53 Å². The van der Waals surface area contributed by atoms with Gasteiger partial charge in [0.2, 0.25) is 0 Å². The van der Waals surface area contributed by atoms with Crippen LogP contribution in [0.2, 0.25) is 0 Å². The van der Waals surface area contributed by atoms with Gasteiger partial charge in [0.1, 0.15) is 11.4 Å². The molecule has 1 fully saturated rings. The molecule has 0 N–H and O–H groups in total. The quantitative estimate of drug-likeness (QED) is 0.486. The minimum Gasteiger partial charge on any atom is -0.460 e. The Morgan fingerprint density at radius 2 is 2.40 bits per heavy atom. The number of hydrogen-bond donors (Lipinski definition) is 2. The van der Waals surface area contributed by atoms with Crippen molar-refractivity contribution in [2.24, 2.45) is 0 Å². The second kappa shape index (κ2) is 3.05. The lowest BCUT2D eigenvalue weighted by molar-refractivity contribution is -0.167. The molecule has 0 amide bonds. The van der Waals surface area contributed by atoms with Gasteiger partial charge in [0.15, 0.2) is 0 Å². The zero-order valence-electron chi connectivity index (χ0n) is 5.65. The maximum Gasteiger partial charge on any atom is 0.322 e. The molecule has 3 atom stereocenters. The van der Waals surface area contributed by atoms with Crippen molar-refractivity contribution in [3.05, 3.63) is 0 Å². The normalized spacial score (nSPS) is 34.5. The van der Waals surface area contributed by atoms with E-state index in [0.29, 0.717) is 0 Å². The van der Waals surface area contributed by atoms with Gasteiger partial charge in [-0.1, -0.05) is 6.92 Å². The summed E-state index contributed by atoms with van der Waals surface area (Å²) in [5, 5.41) is 0.0577. The average molecular weight is 178 g/mol. The second-order valence-corrected chi connectivity index (χ2v) is 3.94. The van der Waals surface area contributed by atoms with Gasteiger partial charge in [-0.15, -0.1) is 0 Å². The third kappa shape index (κ3) is 1.61. The third-order valence-corrected chi connectivity index (χ3v) is 2.19. The number of thiol groups is 2. The van der Waals surface area contributed by atoms with Crippen LogP contribution in [0.5, 0.6) is 0 Å². The van der Waals surface area contributed by atoms with E-state index in [-0.39, 0.29) is 22.6 Å².